The van der Waals surface area contributed by atoms with Crippen LogP contribution in [0.2, 0.25) is 5.02 Å². The highest BCUT2D eigenvalue weighted by Gasteiger charge is 2.22. The molecule has 0 aromatic heterocycles. The largest absolute Gasteiger partial charge is 0.492 e. The van der Waals surface area contributed by atoms with Crippen LogP contribution in [-0.4, -0.2) is 6.61 Å². The van der Waals surface area contributed by atoms with Gasteiger partial charge in [-0.3, -0.25) is 0 Å². The minimum Gasteiger partial charge on any atom is -0.492 e. The molecule has 0 radical (unpaired) electrons. The van der Waals surface area contributed by atoms with Crippen LogP contribution in [0.5, 0.6) is 5.75 Å². The molecular weight excluding hydrogens is 270 g/mol. The predicted octanol–water partition coefficient (Wildman–Crippen LogP) is 4.65. The van der Waals surface area contributed by atoms with Crippen molar-refractivity contribution in [1.82, 2.24) is 0 Å². The molecule has 0 unspecified atom stereocenters. The summed E-state index contributed by atoms with van der Waals surface area (Å²) in [4.78, 5) is 0. The molecule has 3 rings (SSSR count). The van der Waals surface area contributed by atoms with Crippen LogP contribution in [0.15, 0.2) is 30.3 Å². The number of hydrogen-bond donors (Lipinski definition) is 1. The topological polar surface area (TPSA) is 35.2 Å². The van der Waals surface area contributed by atoms with Crippen molar-refractivity contribution >= 4 is 17.3 Å². The third kappa shape index (κ3) is 2.14. The van der Waals surface area contributed by atoms with Crippen LogP contribution in [0.4, 0.5) is 5.69 Å². The summed E-state index contributed by atoms with van der Waals surface area (Å²) in [5, 5.41) is 0.639. The van der Waals surface area contributed by atoms with Gasteiger partial charge in [-0.15, -0.1) is 0 Å². The molecule has 3 heteroatoms. The monoisotopic (exact) mass is 287 g/mol. The molecule has 0 saturated heterocycles. The van der Waals surface area contributed by atoms with Crippen molar-refractivity contribution in [2.45, 2.75) is 26.2 Å². The number of rotatable bonds is 2. The molecule has 0 aliphatic carbocycles. The lowest BCUT2D eigenvalue weighted by atomic mass is 9.96. The molecule has 20 heavy (non-hydrogen) atoms. The van der Waals surface area contributed by atoms with E-state index in [1.165, 1.54) is 5.56 Å². The van der Waals surface area contributed by atoms with E-state index in [0.717, 1.165) is 28.9 Å². The van der Waals surface area contributed by atoms with E-state index in [2.05, 4.69) is 38.1 Å². The van der Waals surface area contributed by atoms with Crippen molar-refractivity contribution in [3.63, 3.8) is 0 Å². The average Bonchev–Trinajstić information content (AvgIpc) is 2.92. The zero-order chi connectivity index (χ0) is 14.3. The molecule has 0 saturated carbocycles. The van der Waals surface area contributed by atoms with Crippen molar-refractivity contribution in [3.05, 3.63) is 46.5 Å². The zero-order valence-corrected chi connectivity index (χ0v) is 12.5. The van der Waals surface area contributed by atoms with Crippen molar-refractivity contribution < 1.29 is 4.74 Å². The van der Waals surface area contributed by atoms with Gasteiger partial charge in [-0.25, -0.2) is 0 Å². The van der Waals surface area contributed by atoms with E-state index < -0.39 is 0 Å². The summed E-state index contributed by atoms with van der Waals surface area (Å²) < 4.78 is 5.76. The van der Waals surface area contributed by atoms with Crippen LogP contribution in [0.3, 0.4) is 0 Å². The summed E-state index contributed by atoms with van der Waals surface area (Å²) >= 11 is 6.26. The number of ether oxygens (including phenoxy) is 1. The van der Waals surface area contributed by atoms with E-state index in [-0.39, 0.29) is 0 Å². The molecule has 2 nitrogen and oxygen atoms in total. The van der Waals surface area contributed by atoms with Crippen LogP contribution < -0.4 is 10.5 Å². The van der Waals surface area contributed by atoms with Crippen molar-refractivity contribution in [2.24, 2.45) is 0 Å². The van der Waals surface area contributed by atoms with Crippen LogP contribution in [0, 0.1) is 0 Å². The van der Waals surface area contributed by atoms with Gasteiger partial charge in [0.1, 0.15) is 5.75 Å². The maximum Gasteiger partial charge on any atom is 0.132 e. The van der Waals surface area contributed by atoms with E-state index in [9.17, 15) is 0 Å². The first kappa shape index (κ1) is 13.3. The van der Waals surface area contributed by atoms with Gasteiger partial charge in [-0.05, 0) is 23.1 Å². The molecule has 1 heterocycles. The molecule has 2 aromatic rings. The maximum atomic E-state index is 6.26. The quantitative estimate of drug-likeness (QED) is 0.816. The Morgan fingerprint density at radius 1 is 1.20 bits per heavy atom. The number of fused-ring (bicyclic) bond motifs is 1. The number of nitrogen functional groups attached to an aromatic ring is 1. The molecule has 1 aliphatic heterocycles. The lowest BCUT2D eigenvalue weighted by molar-refractivity contribution is 0.358. The summed E-state index contributed by atoms with van der Waals surface area (Å²) in [5.41, 5.74) is 11.2. The molecule has 0 amide bonds. The molecular formula is C17H18ClNO. The van der Waals surface area contributed by atoms with E-state index in [4.69, 9.17) is 22.1 Å². The fraction of sp³-hybridized carbons (Fsp3) is 0.294. The van der Waals surface area contributed by atoms with Gasteiger partial charge in [0.05, 0.1) is 17.3 Å². The van der Waals surface area contributed by atoms with E-state index in [1.807, 2.05) is 6.07 Å². The van der Waals surface area contributed by atoms with Gasteiger partial charge in [0.25, 0.3) is 0 Å². The Bertz CT molecular complexity index is 647. The Morgan fingerprint density at radius 2 is 1.90 bits per heavy atom. The van der Waals surface area contributed by atoms with Gasteiger partial charge in [-0.2, -0.15) is 0 Å². The number of nitrogens with two attached hydrogens (primary N) is 1. The van der Waals surface area contributed by atoms with Gasteiger partial charge < -0.3 is 10.5 Å². The molecule has 1 aliphatic rings. The fourth-order valence-electron chi connectivity index (χ4n) is 2.63. The number of hydrogen-bond acceptors (Lipinski definition) is 2. The Hall–Kier alpha value is -1.67. The van der Waals surface area contributed by atoms with Crippen molar-refractivity contribution in [2.75, 3.05) is 12.3 Å². The minimum absolute atomic E-state index is 0.529. The normalized spacial score (nSPS) is 13.4. The predicted molar refractivity (Wildman–Crippen MR) is 84.6 cm³/mol. The second kappa shape index (κ2) is 5.02. The lowest BCUT2D eigenvalue weighted by Crippen LogP contribution is -1.94. The SMILES string of the molecule is CC(C)c1ccc(-c2cc(N)c(Cl)c3c2OCC3)cc1. The first-order chi connectivity index (χ1) is 9.58. The second-order valence-corrected chi connectivity index (χ2v) is 5.89. The standard InChI is InChI=1S/C17H18ClNO/c1-10(2)11-3-5-12(6-4-11)14-9-15(19)16(18)13-7-8-20-17(13)14/h3-6,9-10H,7-8,19H2,1-2H3. The molecule has 0 spiro atoms. The third-order valence-corrected chi connectivity index (χ3v) is 4.27. The van der Waals surface area contributed by atoms with Crippen LogP contribution >= 0.6 is 11.6 Å². The van der Waals surface area contributed by atoms with Gasteiger partial charge in [0, 0.05) is 17.5 Å². The average molecular weight is 288 g/mol. The van der Waals surface area contributed by atoms with E-state index in [1.54, 1.807) is 0 Å². The van der Waals surface area contributed by atoms with E-state index in [0.29, 0.717) is 23.2 Å². The highest BCUT2D eigenvalue weighted by molar-refractivity contribution is 6.34. The van der Waals surface area contributed by atoms with Crippen LogP contribution in [-0.2, 0) is 6.42 Å². The molecule has 2 N–H and O–H groups in total. The van der Waals surface area contributed by atoms with Gasteiger partial charge in [-0.1, -0.05) is 49.7 Å². The van der Waals surface area contributed by atoms with Crippen molar-refractivity contribution in [1.29, 1.82) is 0 Å². The second-order valence-electron chi connectivity index (χ2n) is 5.51. The Morgan fingerprint density at radius 3 is 2.55 bits per heavy atom. The Kier molecular flexibility index (Phi) is 3.35. The summed E-state index contributed by atoms with van der Waals surface area (Å²) in [6, 6.07) is 10.5. The first-order valence-corrected chi connectivity index (χ1v) is 7.29. The third-order valence-electron chi connectivity index (χ3n) is 3.82. The van der Waals surface area contributed by atoms with Crippen LogP contribution in [0.25, 0.3) is 11.1 Å². The Balaban J connectivity index is 2.11. The van der Waals surface area contributed by atoms with Gasteiger partial charge in [0.2, 0.25) is 0 Å². The summed E-state index contributed by atoms with van der Waals surface area (Å²) in [7, 11) is 0. The summed E-state index contributed by atoms with van der Waals surface area (Å²) in [6.45, 7) is 5.06. The molecule has 104 valence electrons. The van der Waals surface area contributed by atoms with Crippen LogP contribution in [0.1, 0.15) is 30.9 Å². The van der Waals surface area contributed by atoms with E-state index >= 15 is 0 Å². The molecule has 2 aromatic carbocycles. The highest BCUT2D eigenvalue weighted by atomic mass is 35.5. The van der Waals surface area contributed by atoms with Gasteiger partial charge >= 0.3 is 0 Å². The summed E-state index contributed by atoms with van der Waals surface area (Å²) in [5.74, 6) is 1.42. The maximum absolute atomic E-state index is 6.26. The number of halogens is 1. The smallest absolute Gasteiger partial charge is 0.132 e. The van der Waals surface area contributed by atoms with Gasteiger partial charge in [0.15, 0.2) is 0 Å². The molecule has 0 bridgehead atoms. The fourth-order valence-corrected chi connectivity index (χ4v) is 2.86. The molecule has 0 fully saturated rings. The van der Waals surface area contributed by atoms with Crippen molar-refractivity contribution in [3.8, 4) is 16.9 Å². The summed E-state index contributed by atoms with van der Waals surface area (Å²) in [6.07, 6.45) is 0.830. The first-order valence-electron chi connectivity index (χ1n) is 6.92. The lowest BCUT2D eigenvalue weighted by Gasteiger charge is -2.13. The number of benzene rings is 2. The minimum atomic E-state index is 0.529. The zero-order valence-electron chi connectivity index (χ0n) is 11.7. The molecule has 0 atom stereocenters. The highest BCUT2D eigenvalue weighted by Crippen LogP contribution is 2.43. The Labute approximate surface area is 124 Å². The number of anilines is 1.